The second kappa shape index (κ2) is 7.82. The van der Waals surface area contributed by atoms with Crippen molar-refractivity contribution in [2.45, 2.75) is 25.7 Å². The Bertz CT molecular complexity index is 609. The summed E-state index contributed by atoms with van der Waals surface area (Å²) in [7, 11) is 0. The van der Waals surface area contributed by atoms with Crippen molar-refractivity contribution in [1.29, 1.82) is 0 Å². The van der Waals surface area contributed by atoms with Crippen molar-refractivity contribution in [3.8, 4) is 11.5 Å². The SMILES string of the molecule is C=C(Oc1ccccc1)C1CCC(C(=O)Oc2ccccc2)CC1. The molecule has 0 amide bonds. The van der Waals surface area contributed by atoms with Crippen molar-refractivity contribution in [3.05, 3.63) is 73.0 Å². The highest BCUT2D eigenvalue weighted by Crippen LogP contribution is 2.34. The van der Waals surface area contributed by atoms with Crippen molar-refractivity contribution < 1.29 is 14.3 Å². The van der Waals surface area contributed by atoms with E-state index in [0.717, 1.165) is 37.2 Å². The summed E-state index contributed by atoms with van der Waals surface area (Å²) in [5, 5.41) is 0. The second-order valence-electron chi connectivity index (χ2n) is 6.16. The Morgan fingerprint density at radius 3 is 1.75 bits per heavy atom. The maximum Gasteiger partial charge on any atom is 0.314 e. The first-order valence-electron chi connectivity index (χ1n) is 8.41. The van der Waals surface area contributed by atoms with Gasteiger partial charge in [0.15, 0.2) is 0 Å². The van der Waals surface area contributed by atoms with Gasteiger partial charge in [-0.2, -0.15) is 0 Å². The highest BCUT2D eigenvalue weighted by atomic mass is 16.5. The molecule has 3 heteroatoms. The Morgan fingerprint density at radius 2 is 1.21 bits per heavy atom. The van der Waals surface area contributed by atoms with Gasteiger partial charge in [0.25, 0.3) is 0 Å². The molecule has 0 heterocycles. The fourth-order valence-electron chi connectivity index (χ4n) is 3.06. The van der Waals surface area contributed by atoms with Crippen LogP contribution in [0, 0.1) is 11.8 Å². The van der Waals surface area contributed by atoms with Crippen molar-refractivity contribution in [3.63, 3.8) is 0 Å². The van der Waals surface area contributed by atoms with Crippen molar-refractivity contribution in [1.82, 2.24) is 0 Å². The standard InChI is InChI=1S/C21H22O3/c1-16(23-19-8-4-2-5-9-19)17-12-14-18(15-13-17)21(22)24-20-10-6-3-7-11-20/h2-11,17-18H,1,12-15H2. The van der Waals surface area contributed by atoms with Crippen LogP contribution < -0.4 is 9.47 Å². The van der Waals surface area contributed by atoms with Gasteiger partial charge in [-0.05, 0) is 49.9 Å². The first-order valence-corrected chi connectivity index (χ1v) is 8.41. The average Bonchev–Trinajstić information content (AvgIpc) is 2.63. The third-order valence-corrected chi connectivity index (χ3v) is 4.47. The highest BCUT2D eigenvalue weighted by molar-refractivity contribution is 5.75. The lowest BCUT2D eigenvalue weighted by atomic mass is 9.81. The number of esters is 1. The molecule has 0 N–H and O–H groups in total. The van der Waals surface area contributed by atoms with E-state index < -0.39 is 0 Å². The zero-order chi connectivity index (χ0) is 16.8. The lowest BCUT2D eigenvalue weighted by Crippen LogP contribution is -2.26. The molecule has 0 radical (unpaired) electrons. The summed E-state index contributed by atoms with van der Waals surface area (Å²) >= 11 is 0. The van der Waals surface area contributed by atoms with Gasteiger partial charge >= 0.3 is 5.97 Å². The number of allylic oxidation sites excluding steroid dienone is 1. The van der Waals surface area contributed by atoms with Crippen molar-refractivity contribution in [2.24, 2.45) is 11.8 Å². The van der Waals surface area contributed by atoms with Crippen LogP contribution in [-0.2, 0) is 4.79 Å². The smallest absolute Gasteiger partial charge is 0.314 e. The number of carbonyl (C=O) groups is 1. The number of rotatable bonds is 5. The molecule has 0 aromatic heterocycles. The lowest BCUT2D eigenvalue weighted by molar-refractivity contribution is -0.140. The molecule has 2 aromatic rings. The van der Waals surface area contributed by atoms with E-state index in [-0.39, 0.29) is 11.9 Å². The van der Waals surface area contributed by atoms with Crippen LogP contribution in [0.1, 0.15) is 25.7 Å². The van der Waals surface area contributed by atoms with Crippen molar-refractivity contribution in [2.75, 3.05) is 0 Å². The summed E-state index contributed by atoms with van der Waals surface area (Å²) in [6.07, 6.45) is 3.43. The fourth-order valence-corrected chi connectivity index (χ4v) is 3.06. The number of carbonyl (C=O) groups excluding carboxylic acids is 1. The van der Waals surface area contributed by atoms with Gasteiger partial charge in [-0.25, -0.2) is 0 Å². The van der Waals surface area contributed by atoms with Gasteiger partial charge in [-0.1, -0.05) is 43.0 Å². The third kappa shape index (κ3) is 4.25. The van der Waals surface area contributed by atoms with Gasteiger partial charge in [0, 0.05) is 5.92 Å². The van der Waals surface area contributed by atoms with Crippen LogP contribution in [0.4, 0.5) is 0 Å². The first kappa shape index (κ1) is 16.3. The van der Waals surface area contributed by atoms with E-state index >= 15 is 0 Å². The van der Waals surface area contributed by atoms with Gasteiger partial charge in [-0.3, -0.25) is 4.79 Å². The molecule has 0 atom stereocenters. The minimum Gasteiger partial charge on any atom is -0.462 e. The van der Waals surface area contributed by atoms with Crippen LogP contribution in [0.3, 0.4) is 0 Å². The van der Waals surface area contributed by atoms with Crippen molar-refractivity contribution >= 4 is 5.97 Å². The molecule has 1 aliphatic carbocycles. The molecule has 1 aliphatic rings. The molecule has 0 aliphatic heterocycles. The zero-order valence-electron chi connectivity index (χ0n) is 13.7. The summed E-state index contributed by atoms with van der Waals surface area (Å²) in [6, 6.07) is 18.9. The van der Waals surface area contributed by atoms with Gasteiger partial charge < -0.3 is 9.47 Å². The van der Waals surface area contributed by atoms with Crippen LogP contribution in [0.5, 0.6) is 11.5 Å². The number of ether oxygens (including phenoxy) is 2. The molecule has 3 nitrogen and oxygen atoms in total. The number of benzene rings is 2. The van der Waals surface area contributed by atoms with E-state index in [4.69, 9.17) is 9.47 Å². The highest BCUT2D eigenvalue weighted by Gasteiger charge is 2.29. The molecule has 0 spiro atoms. The van der Waals surface area contributed by atoms with E-state index in [9.17, 15) is 4.79 Å². The Hall–Kier alpha value is -2.55. The van der Waals surface area contributed by atoms with Crippen LogP contribution in [0.2, 0.25) is 0 Å². The summed E-state index contributed by atoms with van der Waals surface area (Å²) < 4.78 is 11.3. The maximum absolute atomic E-state index is 12.3. The summed E-state index contributed by atoms with van der Waals surface area (Å²) in [5.41, 5.74) is 0. The summed E-state index contributed by atoms with van der Waals surface area (Å²) in [5.74, 6) is 2.34. The molecule has 1 fully saturated rings. The summed E-state index contributed by atoms with van der Waals surface area (Å²) in [6.45, 7) is 4.07. The Kier molecular flexibility index (Phi) is 5.32. The largest absolute Gasteiger partial charge is 0.462 e. The predicted octanol–water partition coefficient (Wildman–Crippen LogP) is 4.99. The zero-order valence-corrected chi connectivity index (χ0v) is 13.7. The molecule has 0 unspecified atom stereocenters. The fraction of sp³-hybridized carbons (Fsp3) is 0.286. The molecule has 3 rings (SSSR count). The molecule has 124 valence electrons. The average molecular weight is 322 g/mol. The van der Waals surface area contributed by atoms with Gasteiger partial charge in [0.1, 0.15) is 11.5 Å². The summed E-state index contributed by atoms with van der Waals surface area (Å²) in [4.78, 5) is 12.3. The molecular formula is C21H22O3. The van der Waals surface area contributed by atoms with E-state index in [0.29, 0.717) is 11.7 Å². The quantitative estimate of drug-likeness (QED) is 0.442. The maximum atomic E-state index is 12.3. The normalized spacial score (nSPS) is 20.2. The molecule has 0 bridgehead atoms. The van der Waals surface area contributed by atoms with E-state index in [1.165, 1.54) is 0 Å². The third-order valence-electron chi connectivity index (χ3n) is 4.47. The van der Waals surface area contributed by atoms with Crippen LogP contribution in [-0.4, -0.2) is 5.97 Å². The number of hydrogen-bond acceptors (Lipinski definition) is 3. The molecule has 2 aromatic carbocycles. The minimum atomic E-state index is -0.130. The Morgan fingerprint density at radius 1 is 0.750 bits per heavy atom. The molecular weight excluding hydrogens is 300 g/mol. The van der Waals surface area contributed by atoms with Gasteiger partial charge in [0.2, 0.25) is 0 Å². The van der Waals surface area contributed by atoms with E-state index in [1.54, 1.807) is 12.1 Å². The van der Waals surface area contributed by atoms with Crippen LogP contribution in [0.15, 0.2) is 73.0 Å². The predicted molar refractivity (Wildman–Crippen MR) is 93.7 cm³/mol. The second-order valence-corrected chi connectivity index (χ2v) is 6.16. The lowest BCUT2D eigenvalue weighted by Gasteiger charge is -2.28. The van der Waals surface area contributed by atoms with E-state index in [1.807, 2.05) is 48.5 Å². The Labute approximate surface area is 142 Å². The van der Waals surface area contributed by atoms with Gasteiger partial charge in [0.05, 0.1) is 11.7 Å². The topological polar surface area (TPSA) is 35.5 Å². The van der Waals surface area contributed by atoms with Crippen LogP contribution in [0.25, 0.3) is 0 Å². The van der Waals surface area contributed by atoms with Gasteiger partial charge in [-0.15, -0.1) is 0 Å². The Balaban J connectivity index is 1.48. The minimum absolute atomic E-state index is 0.0361. The van der Waals surface area contributed by atoms with Crippen LogP contribution >= 0.6 is 0 Å². The molecule has 1 saturated carbocycles. The number of para-hydroxylation sites is 2. The molecule has 24 heavy (non-hydrogen) atoms. The first-order chi connectivity index (χ1) is 11.7. The molecule has 0 saturated heterocycles. The monoisotopic (exact) mass is 322 g/mol. The van der Waals surface area contributed by atoms with E-state index in [2.05, 4.69) is 6.58 Å². The number of hydrogen-bond donors (Lipinski definition) is 0.